The number of thioether (sulfide) groups is 1. The lowest BCUT2D eigenvalue weighted by Crippen LogP contribution is -2.52. The van der Waals surface area contributed by atoms with Crippen LogP contribution in [0.4, 0.5) is 0 Å². The van der Waals surface area contributed by atoms with Crippen LogP contribution in [-0.4, -0.2) is 48.9 Å². The number of benzene rings is 2. The van der Waals surface area contributed by atoms with Crippen molar-refractivity contribution >= 4 is 34.3 Å². The maximum absolute atomic E-state index is 11.9. The summed E-state index contributed by atoms with van der Waals surface area (Å²) < 4.78 is 0.791. The van der Waals surface area contributed by atoms with Gasteiger partial charge >= 0.3 is 5.97 Å². The topological polar surface area (TPSA) is 64.0 Å². The third kappa shape index (κ3) is 4.75. The molecule has 0 saturated carbocycles. The molecule has 2 aromatic carbocycles. The number of carbonyl (C=O) groups is 1. The van der Waals surface area contributed by atoms with Crippen molar-refractivity contribution in [3.63, 3.8) is 0 Å². The minimum atomic E-state index is -0.855. The summed E-state index contributed by atoms with van der Waals surface area (Å²) >= 11 is 6.95. The number of carboxylic acid groups (broad SMARTS) is 1. The number of hydrogen-bond acceptors (Lipinski definition) is 5. The SMILES string of the molecule is O=C(O)C(Cc1ccc(O)cc1)N1CSC(=S)N(Cc2ccccc2)C1. The molecule has 1 aliphatic heterocycles. The van der Waals surface area contributed by atoms with Crippen LogP contribution in [0.25, 0.3) is 0 Å². The Morgan fingerprint density at radius 2 is 1.81 bits per heavy atom. The summed E-state index contributed by atoms with van der Waals surface area (Å²) in [6, 6.07) is 16.0. The predicted molar refractivity (Wildman–Crippen MR) is 107 cm³/mol. The molecule has 3 rings (SSSR count). The number of phenolic OH excluding ortho intramolecular Hbond substituents is 1. The van der Waals surface area contributed by atoms with E-state index in [1.807, 2.05) is 40.1 Å². The second-order valence-corrected chi connectivity index (χ2v) is 7.76. The Morgan fingerprint density at radius 1 is 1.12 bits per heavy atom. The van der Waals surface area contributed by atoms with Crippen LogP contribution in [0.1, 0.15) is 11.1 Å². The van der Waals surface area contributed by atoms with Gasteiger partial charge in [-0.25, -0.2) is 0 Å². The molecule has 1 heterocycles. The minimum absolute atomic E-state index is 0.175. The van der Waals surface area contributed by atoms with Gasteiger partial charge < -0.3 is 15.1 Å². The second kappa shape index (κ2) is 8.53. The largest absolute Gasteiger partial charge is 0.508 e. The lowest BCUT2D eigenvalue weighted by atomic mass is 10.0. The molecule has 0 aliphatic carbocycles. The third-order valence-electron chi connectivity index (χ3n) is 4.27. The maximum Gasteiger partial charge on any atom is 0.321 e. The molecule has 1 fully saturated rings. The van der Waals surface area contributed by atoms with Crippen LogP contribution in [0.3, 0.4) is 0 Å². The molecule has 2 N–H and O–H groups in total. The highest BCUT2D eigenvalue weighted by Crippen LogP contribution is 2.24. The molecule has 1 saturated heterocycles. The first-order valence-corrected chi connectivity index (χ1v) is 9.62. The summed E-state index contributed by atoms with van der Waals surface area (Å²) in [6.07, 6.45) is 0.377. The van der Waals surface area contributed by atoms with Crippen molar-refractivity contribution in [2.24, 2.45) is 0 Å². The Morgan fingerprint density at radius 3 is 2.46 bits per heavy atom. The highest BCUT2D eigenvalue weighted by atomic mass is 32.2. The fourth-order valence-electron chi connectivity index (χ4n) is 2.88. The highest BCUT2D eigenvalue weighted by molar-refractivity contribution is 8.22. The van der Waals surface area contributed by atoms with Crippen molar-refractivity contribution < 1.29 is 15.0 Å². The Hall–Kier alpha value is -2.09. The number of rotatable bonds is 6. The van der Waals surface area contributed by atoms with Crippen LogP contribution in [0.15, 0.2) is 54.6 Å². The lowest BCUT2D eigenvalue weighted by molar-refractivity contribution is -0.143. The van der Waals surface area contributed by atoms with Crippen molar-refractivity contribution in [1.29, 1.82) is 0 Å². The van der Waals surface area contributed by atoms with Crippen molar-refractivity contribution in [2.75, 3.05) is 12.5 Å². The van der Waals surface area contributed by atoms with Crippen LogP contribution >= 0.6 is 24.0 Å². The molecule has 1 atom stereocenters. The van der Waals surface area contributed by atoms with Gasteiger partial charge in [0.1, 0.15) is 16.1 Å². The smallest absolute Gasteiger partial charge is 0.321 e. The number of thiocarbonyl (C=S) groups is 1. The first kappa shape index (κ1) is 18.7. The number of carboxylic acids is 1. The first-order valence-electron chi connectivity index (χ1n) is 8.23. The van der Waals surface area contributed by atoms with Gasteiger partial charge in [-0.15, -0.1) is 0 Å². The van der Waals surface area contributed by atoms with Crippen LogP contribution in [0.5, 0.6) is 5.75 Å². The van der Waals surface area contributed by atoms with Gasteiger partial charge in [0.2, 0.25) is 0 Å². The van der Waals surface area contributed by atoms with Gasteiger partial charge in [-0.2, -0.15) is 0 Å². The molecular weight excluding hydrogens is 368 g/mol. The lowest BCUT2D eigenvalue weighted by Gasteiger charge is -2.39. The minimum Gasteiger partial charge on any atom is -0.508 e. The zero-order chi connectivity index (χ0) is 18.5. The number of nitrogens with zero attached hydrogens (tertiary/aromatic N) is 2. The van der Waals surface area contributed by atoms with Crippen molar-refractivity contribution in [1.82, 2.24) is 9.80 Å². The molecule has 0 bridgehead atoms. The molecule has 1 unspecified atom stereocenters. The Labute approximate surface area is 162 Å². The maximum atomic E-state index is 11.9. The molecular formula is C19H20N2O3S2. The van der Waals surface area contributed by atoms with Crippen molar-refractivity contribution in [2.45, 2.75) is 19.0 Å². The van der Waals surface area contributed by atoms with Gasteiger partial charge in [0, 0.05) is 6.54 Å². The summed E-state index contributed by atoms with van der Waals surface area (Å²) in [5.41, 5.74) is 2.02. The Bertz CT molecular complexity index is 768. The number of hydrogen-bond donors (Lipinski definition) is 2. The van der Waals surface area contributed by atoms with E-state index in [2.05, 4.69) is 0 Å². The van der Waals surface area contributed by atoms with E-state index in [0.717, 1.165) is 15.4 Å². The molecule has 0 spiro atoms. The summed E-state index contributed by atoms with van der Waals surface area (Å²) in [6.45, 7) is 1.14. The van der Waals surface area contributed by atoms with Crippen LogP contribution in [0, 0.1) is 0 Å². The zero-order valence-electron chi connectivity index (χ0n) is 14.1. The van der Waals surface area contributed by atoms with Crippen LogP contribution < -0.4 is 0 Å². The zero-order valence-corrected chi connectivity index (χ0v) is 15.7. The van der Waals surface area contributed by atoms with E-state index in [1.54, 1.807) is 24.3 Å². The molecule has 0 radical (unpaired) electrons. The van der Waals surface area contributed by atoms with E-state index >= 15 is 0 Å². The number of aliphatic carboxylic acids is 1. The summed E-state index contributed by atoms with van der Waals surface area (Å²) in [7, 11) is 0. The van der Waals surface area contributed by atoms with E-state index in [0.29, 0.717) is 25.5 Å². The number of phenols is 1. The molecule has 0 amide bonds. The third-order valence-corrected chi connectivity index (χ3v) is 5.85. The quantitative estimate of drug-likeness (QED) is 0.737. The van der Waals surface area contributed by atoms with E-state index in [-0.39, 0.29) is 5.75 Å². The van der Waals surface area contributed by atoms with Crippen LogP contribution in [-0.2, 0) is 17.8 Å². The second-order valence-electron chi connectivity index (χ2n) is 6.18. The molecule has 1 aliphatic rings. The normalized spacial score (nSPS) is 16.5. The van der Waals surface area contributed by atoms with Gasteiger partial charge in [0.05, 0.1) is 12.5 Å². The Balaban J connectivity index is 1.71. The molecule has 136 valence electrons. The fraction of sp³-hybridized carbons (Fsp3) is 0.263. The average Bonchev–Trinajstić information content (AvgIpc) is 2.64. The van der Waals surface area contributed by atoms with E-state index in [1.165, 1.54) is 11.8 Å². The molecule has 7 heteroatoms. The van der Waals surface area contributed by atoms with Gasteiger partial charge in [-0.3, -0.25) is 9.69 Å². The van der Waals surface area contributed by atoms with Crippen molar-refractivity contribution in [3.05, 3.63) is 65.7 Å². The van der Waals surface area contributed by atoms with Gasteiger partial charge in [-0.1, -0.05) is 66.4 Å². The fourth-order valence-corrected chi connectivity index (χ4v) is 4.01. The monoisotopic (exact) mass is 388 g/mol. The molecule has 26 heavy (non-hydrogen) atoms. The highest BCUT2D eigenvalue weighted by Gasteiger charge is 2.31. The summed E-state index contributed by atoms with van der Waals surface area (Å²) in [4.78, 5) is 15.8. The van der Waals surface area contributed by atoms with Crippen LogP contribution in [0.2, 0.25) is 0 Å². The van der Waals surface area contributed by atoms with Crippen molar-refractivity contribution in [3.8, 4) is 5.75 Å². The number of aromatic hydroxyl groups is 1. The first-order chi connectivity index (χ1) is 12.5. The van der Waals surface area contributed by atoms with E-state index in [4.69, 9.17) is 12.2 Å². The van der Waals surface area contributed by atoms with Gasteiger partial charge in [0.25, 0.3) is 0 Å². The summed E-state index contributed by atoms with van der Waals surface area (Å²) in [5.74, 6) is -0.126. The average molecular weight is 389 g/mol. The molecule has 0 aromatic heterocycles. The van der Waals surface area contributed by atoms with Gasteiger partial charge in [0.15, 0.2) is 0 Å². The predicted octanol–water partition coefficient (Wildman–Crippen LogP) is 3.14. The molecule has 5 nitrogen and oxygen atoms in total. The Kier molecular flexibility index (Phi) is 6.13. The van der Waals surface area contributed by atoms with E-state index < -0.39 is 12.0 Å². The van der Waals surface area contributed by atoms with Gasteiger partial charge in [-0.05, 0) is 29.7 Å². The summed E-state index contributed by atoms with van der Waals surface area (Å²) in [5, 5.41) is 19.1. The van der Waals surface area contributed by atoms with E-state index in [9.17, 15) is 15.0 Å². The standard InChI is InChI=1S/C19H20N2O3S2/c22-16-8-6-14(7-9-16)10-17(18(23)24)21-12-20(19(25)26-13-21)11-15-4-2-1-3-5-15/h1-9,17,22H,10-13H2,(H,23,24). The molecule has 2 aromatic rings.